The first-order chi connectivity index (χ1) is 9.60. The van der Waals surface area contributed by atoms with Crippen molar-refractivity contribution in [3.63, 3.8) is 0 Å². The van der Waals surface area contributed by atoms with Gasteiger partial charge < -0.3 is 10.1 Å². The van der Waals surface area contributed by atoms with E-state index in [1.165, 1.54) is 12.1 Å². The van der Waals surface area contributed by atoms with Crippen LogP contribution in [0.3, 0.4) is 0 Å². The highest BCUT2D eigenvalue weighted by molar-refractivity contribution is 9.10. The molecule has 0 amide bonds. The molecule has 1 N–H and O–H groups in total. The lowest BCUT2D eigenvalue weighted by Crippen LogP contribution is -1.98. The molecule has 0 spiro atoms. The summed E-state index contributed by atoms with van der Waals surface area (Å²) in [5.41, 5.74) is 1.92. The van der Waals surface area contributed by atoms with E-state index in [-0.39, 0.29) is 5.69 Å². The van der Waals surface area contributed by atoms with Crippen molar-refractivity contribution < 1.29 is 9.66 Å². The molecule has 0 aromatic heterocycles. The Kier molecular flexibility index (Phi) is 4.57. The monoisotopic (exact) mass is 336 g/mol. The second-order valence-electron chi connectivity index (χ2n) is 4.10. The number of hydrogen-bond donors (Lipinski definition) is 1. The Balaban J connectivity index is 2.04. The molecule has 6 heteroatoms. The molecule has 0 radical (unpaired) electrons. The van der Waals surface area contributed by atoms with E-state index in [9.17, 15) is 10.1 Å². The van der Waals surface area contributed by atoms with Gasteiger partial charge in [-0.25, -0.2) is 0 Å². The van der Waals surface area contributed by atoms with Crippen LogP contribution in [0.1, 0.15) is 5.56 Å². The Morgan fingerprint density at radius 3 is 2.50 bits per heavy atom. The van der Waals surface area contributed by atoms with Gasteiger partial charge in [0, 0.05) is 34.9 Å². The lowest BCUT2D eigenvalue weighted by molar-refractivity contribution is -0.384. The number of ether oxygens (including phenoxy) is 1. The number of nitro groups is 1. The maximum Gasteiger partial charge on any atom is 0.270 e. The molecule has 0 aliphatic rings. The van der Waals surface area contributed by atoms with E-state index in [4.69, 9.17) is 4.74 Å². The van der Waals surface area contributed by atoms with Crippen LogP contribution in [-0.2, 0) is 6.61 Å². The molecule has 2 rings (SSSR count). The molecule has 0 fully saturated rings. The van der Waals surface area contributed by atoms with Gasteiger partial charge in [-0.3, -0.25) is 10.1 Å². The highest BCUT2D eigenvalue weighted by Crippen LogP contribution is 2.24. The van der Waals surface area contributed by atoms with E-state index in [0.717, 1.165) is 17.0 Å². The van der Waals surface area contributed by atoms with Gasteiger partial charge in [0.05, 0.1) is 4.92 Å². The highest BCUT2D eigenvalue weighted by Gasteiger charge is 2.09. The topological polar surface area (TPSA) is 64.4 Å². The summed E-state index contributed by atoms with van der Waals surface area (Å²) in [6.45, 7) is 0.345. The summed E-state index contributed by atoms with van der Waals surface area (Å²) in [4.78, 5) is 10.2. The first kappa shape index (κ1) is 14.3. The predicted octanol–water partition coefficient (Wildman–Crippen LogP) is 3.98. The third kappa shape index (κ3) is 3.48. The van der Waals surface area contributed by atoms with Crippen molar-refractivity contribution in [3.8, 4) is 5.75 Å². The zero-order chi connectivity index (χ0) is 14.5. The Morgan fingerprint density at radius 1 is 1.25 bits per heavy atom. The minimum Gasteiger partial charge on any atom is -0.489 e. The van der Waals surface area contributed by atoms with Gasteiger partial charge >= 0.3 is 0 Å². The van der Waals surface area contributed by atoms with Crippen LogP contribution in [0.15, 0.2) is 46.9 Å². The van der Waals surface area contributed by atoms with Crippen LogP contribution >= 0.6 is 15.9 Å². The summed E-state index contributed by atoms with van der Waals surface area (Å²) in [5.74, 6) is 0.745. The van der Waals surface area contributed by atoms with Gasteiger partial charge in [0.2, 0.25) is 0 Å². The van der Waals surface area contributed by atoms with Crippen LogP contribution in [0.25, 0.3) is 0 Å². The second kappa shape index (κ2) is 6.38. The number of anilines is 1. The molecule has 2 aromatic carbocycles. The largest absolute Gasteiger partial charge is 0.489 e. The number of nitrogens with one attached hydrogen (secondary N) is 1. The average Bonchev–Trinajstić information content (AvgIpc) is 2.46. The fraction of sp³-hybridized carbons (Fsp3) is 0.143. The van der Waals surface area contributed by atoms with Crippen LogP contribution < -0.4 is 10.1 Å². The molecule has 0 saturated heterocycles. The van der Waals surface area contributed by atoms with E-state index >= 15 is 0 Å². The Hall–Kier alpha value is -2.08. The molecule has 0 aliphatic carbocycles. The minimum absolute atomic E-state index is 0.0546. The smallest absolute Gasteiger partial charge is 0.270 e. The summed E-state index contributed by atoms with van der Waals surface area (Å²) < 4.78 is 6.31. The van der Waals surface area contributed by atoms with Crippen molar-refractivity contribution in [3.05, 3.63) is 62.6 Å². The maximum atomic E-state index is 10.7. The molecule has 0 atom stereocenters. The van der Waals surface area contributed by atoms with Gasteiger partial charge in [0.1, 0.15) is 12.4 Å². The van der Waals surface area contributed by atoms with Crippen LogP contribution in [0, 0.1) is 10.1 Å². The molecule has 0 bridgehead atoms. The highest BCUT2D eigenvalue weighted by atomic mass is 79.9. The molecule has 0 saturated carbocycles. The molecular weight excluding hydrogens is 324 g/mol. The van der Waals surface area contributed by atoms with E-state index in [2.05, 4.69) is 21.2 Å². The normalized spacial score (nSPS) is 10.1. The molecule has 2 aromatic rings. The summed E-state index contributed by atoms with van der Waals surface area (Å²) in [6.07, 6.45) is 0. The van der Waals surface area contributed by atoms with Crippen LogP contribution in [0.5, 0.6) is 5.75 Å². The minimum atomic E-state index is -0.425. The molecule has 0 aliphatic heterocycles. The van der Waals surface area contributed by atoms with Crippen LogP contribution in [0.2, 0.25) is 0 Å². The molecule has 5 nitrogen and oxygen atoms in total. The number of nitro benzene ring substituents is 1. The summed E-state index contributed by atoms with van der Waals surface area (Å²) in [6, 6.07) is 12.2. The van der Waals surface area contributed by atoms with Gasteiger partial charge in [-0.2, -0.15) is 0 Å². The number of halogens is 1. The van der Waals surface area contributed by atoms with Crippen LogP contribution in [-0.4, -0.2) is 12.0 Å². The SMILES string of the molecule is CNc1ccc(OCc2ccc([N+](=O)[O-])cc2Br)cc1. The van der Waals surface area contributed by atoms with Gasteiger partial charge in [-0.05, 0) is 30.3 Å². The molecular formula is C14H13BrN2O3. The lowest BCUT2D eigenvalue weighted by atomic mass is 10.2. The predicted molar refractivity (Wildman–Crippen MR) is 81.1 cm³/mol. The lowest BCUT2D eigenvalue weighted by Gasteiger charge is -2.08. The number of non-ortho nitro benzene ring substituents is 1. The van der Waals surface area contributed by atoms with E-state index < -0.39 is 4.92 Å². The Bertz CT molecular complexity index is 614. The van der Waals surface area contributed by atoms with Crippen molar-refractivity contribution >= 4 is 27.3 Å². The van der Waals surface area contributed by atoms with Crippen molar-refractivity contribution in [2.75, 3.05) is 12.4 Å². The molecule has 104 valence electrons. The first-order valence-electron chi connectivity index (χ1n) is 5.93. The third-order valence-electron chi connectivity index (χ3n) is 2.78. The van der Waals surface area contributed by atoms with Crippen molar-refractivity contribution in [1.82, 2.24) is 0 Å². The average molecular weight is 337 g/mol. The fourth-order valence-electron chi connectivity index (χ4n) is 1.65. The van der Waals surface area contributed by atoms with Crippen molar-refractivity contribution in [1.29, 1.82) is 0 Å². The standard InChI is InChI=1S/C14H13BrN2O3/c1-16-11-3-6-13(7-4-11)20-9-10-2-5-12(17(18)19)8-14(10)15/h2-8,16H,9H2,1H3. The fourth-order valence-corrected chi connectivity index (χ4v) is 2.13. The number of rotatable bonds is 5. The number of hydrogen-bond acceptors (Lipinski definition) is 4. The zero-order valence-electron chi connectivity index (χ0n) is 10.8. The van der Waals surface area contributed by atoms with Crippen molar-refractivity contribution in [2.24, 2.45) is 0 Å². The van der Waals surface area contributed by atoms with E-state index in [0.29, 0.717) is 11.1 Å². The number of nitrogens with zero attached hydrogens (tertiary/aromatic N) is 1. The first-order valence-corrected chi connectivity index (χ1v) is 6.73. The van der Waals surface area contributed by atoms with Gasteiger partial charge in [0.15, 0.2) is 0 Å². The second-order valence-corrected chi connectivity index (χ2v) is 4.95. The molecule has 20 heavy (non-hydrogen) atoms. The maximum absolute atomic E-state index is 10.7. The Morgan fingerprint density at radius 2 is 1.95 bits per heavy atom. The van der Waals surface area contributed by atoms with E-state index in [1.807, 2.05) is 31.3 Å². The summed E-state index contributed by atoms with van der Waals surface area (Å²) >= 11 is 3.32. The zero-order valence-corrected chi connectivity index (χ0v) is 12.4. The van der Waals surface area contributed by atoms with Crippen LogP contribution in [0.4, 0.5) is 11.4 Å². The quantitative estimate of drug-likeness (QED) is 0.662. The molecule has 0 unspecified atom stereocenters. The molecule has 0 heterocycles. The van der Waals surface area contributed by atoms with E-state index in [1.54, 1.807) is 6.07 Å². The number of benzene rings is 2. The van der Waals surface area contributed by atoms with Gasteiger partial charge in [0.25, 0.3) is 5.69 Å². The van der Waals surface area contributed by atoms with Gasteiger partial charge in [-0.1, -0.05) is 15.9 Å². The van der Waals surface area contributed by atoms with Crippen molar-refractivity contribution in [2.45, 2.75) is 6.61 Å². The third-order valence-corrected chi connectivity index (χ3v) is 3.52. The summed E-state index contributed by atoms with van der Waals surface area (Å²) in [7, 11) is 1.85. The van der Waals surface area contributed by atoms with Gasteiger partial charge in [-0.15, -0.1) is 0 Å². The summed E-state index contributed by atoms with van der Waals surface area (Å²) in [5, 5.41) is 13.7. The Labute approximate surface area is 124 Å².